The van der Waals surface area contributed by atoms with Gasteiger partial charge in [0.25, 0.3) is 0 Å². The molecule has 2 heterocycles. The number of halogens is 1. The minimum atomic E-state index is -0.554. The number of aromatic nitrogens is 2. The van der Waals surface area contributed by atoms with Crippen molar-refractivity contribution < 1.29 is 4.92 Å². The normalized spacial score (nSPS) is 10.7. The molecular weight excluding hydrogens is 300 g/mol. The first-order valence-corrected chi connectivity index (χ1v) is 6.80. The molecule has 0 saturated heterocycles. The van der Waals surface area contributed by atoms with E-state index in [0.29, 0.717) is 5.69 Å². The molecule has 0 saturated carbocycles. The molecule has 0 aliphatic heterocycles. The Labute approximate surface area is 122 Å². The quantitative estimate of drug-likeness (QED) is 0.449. The Morgan fingerprint density at radius 2 is 2.20 bits per heavy atom. The van der Waals surface area contributed by atoms with E-state index in [1.165, 1.54) is 0 Å². The second kappa shape index (κ2) is 5.03. The van der Waals surface area contributed by atoms with Crippen LogP contribution in [0.25, 0.3) is 10.1 Å². The molecule has 3 rings (SSSR count). The summed E-state index contributed by atoms with van der Waals surface area (Å²) in [4.78, 5) is 17.9. The van der Waals surface area contributed by atoms with Crippen LogP contribution in [0.1, 0.15) is 0 Å². The first-order chi connectivity index (χ1) is 9.63. The monoisotopic (exact) mass is 306 g/mol. The fourth-order valence-electron chi connectivity index (χ4n) is 1.76. The van der Waals surface area contributed by atoms with Crippen molar-refractivity contribution in [2.75, 3.05) is 5.32 Å². The molecule has 2 aromatic heterocycles. The molecule has 0 unspecified atom stereocenters. The molecule has 8 heteroatoms. The minimum Gasteiger partial charge on any atom is -0.334 e. The molecule has 0 aliphatic rings. The summed E-state index contributed by atoms with van der Waals surface area (Å²) < 4.78 is 1.14. The maximum Gasteiger partial charge on any atom is 0.329 e. The molecule has 20 heavy (non-hydrogen) atoms. The van der Waals surface area contributed by atoms with Gasteiger partial charge in [0.05, 0.1) is 4.92 Å². The highest BCUT2D eigenvalue weighted by molar-refractivity contribution is 7.17. The Morgan fingerprint density at radius 1 is 1.35 bits per heavy atom. The molecule has 1 aromatic carbocycles. The van der Waals surface area contributed by atoms with E-state index in [4.69, 9.17) is 11.6 Å². The molecule has 0 aliphatic carbocycles. The summed E-state index contributed by atoms with van der Waals surface area (Å²) in [7, 11) is 0. The molecular formula is C12H7ClN4O2S. The second-order valence-corrected chi connectivity index (χ2v) is 5.21. The maximum absolute atomic E-state index is 10.9. The van der Waals surface area contributed by atoms with Gasteiger partial charge >= 0.3 is 5.69 Å². The van der Waals surface area contributed by atoms with Crippen LogP contribution >= 0.6 is 22.9 Å². The van der Waals surface area contributed by atoms with Crippen molar-refractivity contribution >= 4 is 50.2 Å². The summed E-state index contributed by atoms with van der Waals surface area (Å²) in [6, 6.07) is 7.65. The lowest BCUT2D eigenvalue weighted by Gasteiger charge is -2.06. The molecule has 0 fully saturated rings. The molecule has 1 N–H and O–H groups in total. The highest BCUT2D eigenvalue weighted by Gasteiger charge is 2.17. The molecule has 3 aromatic rings. The van der Waals surface area contributed by atoms with Crippen molar-refractivity contribution in [1.82, 2.24) is 9.97 Å². The first-order valence-electron chi connectivity index (χ1n) is 5.55. The predicted molar refractivity (Wildman–Crippen MR) is 78.8 cm³/mol. The number of rotatable bonds is 3. The van der Waals surface area contributed by atoms with Gasteiger partial charge in [0, 0.05) is 10.4 Å². The molecule has 0 bridgehead atoms. The van der Waals surface area contributed by atoms with Crippen LogP contribution in [-0.2, 0) is 0 Å². The molecule has 100 valence electrons. The number of benzene rings is 1. The first kappa shape index (κ1) is 12.8. The number of thiophene rings is 1. The summed E-state index contributed by atoms with van der Waals surface area (Å²) in [6.45, 7) is 0. The van der Waals surface area contributed by atoms with Crippen molar-refractivity contribution in [2.45, 2.75) is 0 Å². The number of hydrogen-bond donors (Lipinski definition) is 1. The average molecular weight is 307 g/mol. The van der Waals surface area contributed by atoms with Crippen LogP contribution in [0.2, 0.25) is 5.28 Å². The summed E-state index contributed by atoms with van der Waals surface area (Å²) in [5.74, 6) is 0.0737. The Balaban J connectivity index is 2.01. The number of hydrogen-bond acceptors (Lipinski definition) is 6. The Hall–Kier alpha value is -2.25. The van der Waals surface area contributed by atoms with Gasteiger partial charge in [0.2, 0.25) is 11.1 Å². The van der Waals surface area contributed by atoms with Crippen molar-refractivity contribution in [2.24, 2.45) is 0 Å². The van der Waals surface area contributed by atoms with Gasteiger partial charge in [-0.3, -0.25) is 10.1 Å². The van der Waals surface area contributed by atoms with Crippen LogP contribution < -0.4 is 5.32 Å². The lowest BCUT2D eigenvalue weighted by atomic mass is 10.2. The van der Waals surface area contributed by atoms with Crippen LogP contribution in [0.15, 0.2) is 35.8 Å². The third-order valence-corrected chi connectivity index (χ3v) is 3.73. The van der Waals surface area contributed by atoms with Gasteiger partial charge in [0.15, 0.2) is 0 Å². The van der Waals surface area contributed by atoms with Crippen molar-refractivity contribution in [3.8, 4) is 0 Å². The van der Waals surface area contributed by atoms with Crippen LogP contribution in [0.4, 0.5) is 17.2 Å². The minimum absolute atomic E-state index is 0.0466. The summed E-state index contributed by atoms with van der Waals surface area (Å²) in [6.07, 6.45) is 1.08. The van der Waals surface area contributed by atoms with Gasteiger partial charge in [-0.25, -0.2) is 4.98 Å². The van der Waals surface area contributed by atoms with Crippen molar-refractivity contribution in [3.63, 3.8) is 0 Å². The Morgan fingerprint density at radius 3 is 3.00 bits per heavy atom. The Kier molecular flexibility index (Phi) is 3.21. The average Bonchev–Trinajstić information content (AvgIpc) is 2.85. The topological polar surface area (TPSA) is 81.0 Å². The SMILES string of the molecule is O=[N+]([O-])c1cnc(Cl)nc1Nc1ccc2sccc2c1. The molecule has 0 spiro atoms. The van der Waals surface area contributed by atoms with E-state index in [9.17, 15) is 10.1 Å². The number of nitrogens with one attached hydrogen (secondary N) is 1. The second-order valence-electron chi connectivity index (χ2n) is 3.93. The van der Waals surface area contributed by atoms with E-state index < -0.39 is 4.92 Å². The maximum atomic E-state index is 10.9. The summed E-state index contributed by atoms with van der Waals surface area (Å²) >= 11 is 7.31. The fourth-order valence-corrected chi connectivity index (χ4v) is 2.66. The van der Waals surface area contributed by atoms with Crippen LogP contribution in [-0.4, -0.2) is 14.9 Å². The third kappa shape index (κ3) is 2.40. The van der Waals surface area contributed by atoms with Crippen LogP contribution in [0.3, 0.4) is 0 Å². The van der Waals surface area contributed by atoms with E-state index in [1.54, 1.807) is 11.3 Å². The van der Waals surface area contributed by atoms with E-state index in [1.807, 2.05) is 29.6 Å². The van der Waals surface area contributed by atoms with Crippen LogP contribution in [0, 0.1) is 10.1 Å². The van der Waals surface area contributed by atoms with Crippen LogP contribution in [0.5, 0.6) is 0 Å². The number of anilines is 2. The van der Waals surface area contributed by atoms with Gasteiger partial charge in [-0.15, -0.1) is 11.3 Å². The van der Waals surface area contributed by atoms with Gasteiger partial charge in [-0.05, 0) is 46.6 Å². The highest BCUT2D eigenvalue weighted by Crippen LogP contribution is 2.29. The van der Waals surface area contributed by atoms with E-state index in [-0.39, 0.29) is 16.8 Å². The van der Waals surface area contributed by atoms with E-state index >= 15 is 0 Å². The number of nitro groups is 1. The zero-order valence-electron chi connectivity index (χ0n) is 9.91. The van der Waals surface area contributed by atoms with Crippen molar-refractivity contribution in [3.05, 3.63) is 51.2 Å². The van der Waals surface area contributed by atoms with Gasteiger partial charge in [0.1, 0.15) is 6.20 Å². The molecule has 6 nitrogen and oxygen atoms in total. The number of nitrogens with zero attached hydrogens (tertiary/aromatic N) is 3. The lowest BCUT2D eigenvalue weighted by molar-refractivity contribution is -0.384. The zero-order chi connectivity index (χ0) is 14.1. The zero-order valence-corrected chi connectivity index (χ0v) is 11.5. The smallest absolute Gasteiger partial charge is 0.329 e. The van der Waals surface area contributed by atoms with Gasteiger partial charge in [-0.2, -0.15) is 4.98 Å². The van der Waals surface area contributed by atoms with Gasteiger partial charge in [-0.1, -0.05) is 0 Å². The predicted octanol–water partition coefficient (Wildman–Crippen LogP) is 4.00. The number of fused-ring (bicyclic) bond motifs is 1. The third-order valence-electron chi connectivity index (χ3n) is 2.65. The van der Waals surface area contributed by atoms with E-state index in [0.717, 1.165) is 16.3 Å². The fraction of sp³-hybridized carbons (Fsp3) is 0. The highest BCUT2D eigenvalue weighted by atomic mass is 35.5. The van der Waals surface area contributed by atoms with E-state index in [2.05, 4.69) is 15.3 Å². The molecule has 0 amide bonds. The Bertz CT molecular complexity index is 805. The largest absolute Gasteiger partial charge is 0.334 e. The summed E-state index contributed by atoms with van der Waals surface area (Å²) in [5, 5.41) is 16.8. The molecule has 0 radical (unpaired) electrons. The lowest BCUT2D eigenvalue weighted by Crippen LogP contribution is -2.01. The van der Waals surface area contributed by atoms with Crippen molar-refractivity contribution in [1.29, 1.82) is 0 Å². The molecule has 0 atom stereocenters. The van der Waals surface area contributed by atoms with Gasteiger partial charge < -0.3 is 5.32 Å². The standard InChI is InChI=1S/C12H7ClN4O2S/c13-12-14-6-9(17(18)19)11(16-12)15-8-1-2-10-7(5-8)3-4-20-10/h1-6H,(H,14,15,16). The summed E-state index contributed by atoms with van der Waals surface area (Å²) in [5.41, 5.74) is 0.480.